The average molecular weight is 279 g/mol. The molecule has 6 nitrogen and oxygen atoms in total. The van der Waals surface area contributed by atoms with E-state index in [-0.39, 0.29) is 0 Å². The molecule has 1 heterocycles. The molecule has 2 rings (SSSR count). The largest absolute Gasteiger partial charge is 0.493 e. The van der Waals surface area contributed by atoms with Gasteiger partial charge in [-0.3, -0.25) is 4.99 Å². The first kappa shape index (κ1) is 14.3. The van der Waals surface area contributed by atoms with Crippen LogP contribution in [-0.2, 0) is 6.54 Å². The Bertz CT molecular complexity index is 503. The minimum Gasteiger partial charge on any atom is -0.493 e. The predicted molar refractivity (Wildman–Crippen MR) is 77.8 cm³/mol. The number of hydrogen-bond donors (Lipinski definition) is 2. The zero-order valence-electron chi connectivity index (χ0n) is 12.3. The van der Waals surface area contributed by atoms with Crippen LogP contribution < -0.4 is 24.8 Å². The summed E-state index contributed by atoms with van der Waals surface area (Å²) in [6.45, 7) is 3.49. The van der Waals surface area contributed by atoms with Gasteiger partial charge >= 0.3 is 0 Å². The fourth-order valence-corrected chi connectivity index (χ4v) is 2.14. The van der Waals surface area contributed by atoms with Crippen molar-refractivity contribution in [3.05, 3.63) is 17.7 Å². The highest BCUT2D eigenvalue weighted by Crippen LogP contribution is 2.39. The summed E-state index contributed by atoms with van der Waals surface area (Å²) >= 11 is 0. The lowest BCUT2D eigenvalue weighted by Crippen LogP contribution is -2.37. The van der Waals surface area contributed by atoms with Gasteiger partial charge in [0, 0.05) is 18.2 Å². The van der Waals surface area contributed by atoms with Crippen molar-refractivity contribution in [3.8, 4) is 17.2 Å². The molecule has 20 heavy (non-hydrogen) atoms. The summed E-state index contributed by atoms with van der Waals surface area (Å²) in [6.07, 6.45) is 0. The van der Waals surface area contributed by atoms with E-state index in [1.54, 1.807) is 21.3 Å². The van der Waals surface area contributed by atoms with Gasteiger partial charge in [-0.1, -0.05) is 0 Å². The Labute approximate surface area is 119 Å². The fraction of sp³-hybridized carbons (Fsp3) is 0.500. The molecule has 2 N–H and O–H groups in total. The van der Waals surface area contributed by atoms with Crippen molar-refractivity contribution in [2.75, 3.05) is 27.9 Å². The van der Waals surface area contributed by atoms with Crippen LogP contribution in [0.1, 0.15) is 12.5 Å². The molecule has 0 saturated carbocycles. The van der Waals surface area contributed by atoms with Crippen LogP contribution in [0.2, 0.25) is 0 Å². The SMILES string of the molecule is COc1ccc(CNC2=NCC(C)N2)c(OC)c1OC. The number of ether oxygens (including phenoxy) is 3. The summed E-state index contributed by atoms with van der Waals surface area (Å²) < 4.78 is 16.1. The lowest BCUT2D eigenvalue weighted by molar-refractivity contribution is 0.322. The molecule has 0 spiro atoms. The van der Waals surface area contributed by atoms with Crippen LogP contribution in [0, 0.1) is 0 Å². The second-order valence-electron chi connectivity index (χ2n) is 4.58. The third-order valence-electron chi connectivity index (χ3n) is 3.14. The van der Waals surface area contributed by atoms with Gasteiger partial charge in [0.2, 0.25) is 5.75 Å². The Kier molecular flexibility index (Phi) is 4.55. The molecule has 0 saturated heterocycles. The molecular formula is C14H21N3O3. The second-order valence-corrected chi connectivity index (χ2v) is 4.58. The van der Waals surface area contributed by atoms with E-state index in [0.717, 1.165) is 18.1 Å². The number of aliphatic imine (C=N–C) groups is 1. The number of rotatable bonds is 5. The van der Waals surface area contributed by atoms with Gasteiger partial charge in [0.05, 0.1) is 27.9 Å². The quantitative estimate of drug-likeness (QED) is 0.846. The molecule has 1 unspecified atom stereocenters. The van der Waals surface area contributed by atoms with E-state index in [2.05, 4.69) is 22.5 Å². The van der Waals surface area contributed by atoms with Crippen LogP contribution >= 0.6 is 0 Å². The zero-order chi connectivity index (χ0) is 14.5. The summed E-state index contributed by atoms with van der Waals surface area (Å²) in [5.41, 5.74) is 0.981. The van der Waals surface area contributed by atoms with E-state index in [4.69, 9.17) is 14.2 Å². The molecule has 0 amide bonds. The molecule has 0 bridgehead atoms. The van der Waals surface area contributed by atoms with Crippen LogP contribution in [0.4, 0.5) is 0 Å². The minimum absolute atomic E-state index is 0.379. The van der Waals surface area contributed by atoms with Gasteiger partial charge in [-0.05, 0) is 19.1 Å². The highest BCUT2D eigenvalue weighted by atomic mass is 16.5. The Hall–Kier alpha value is -2.11. The lowest BCUT2D eigenvalue weighted by atomic mass is 10.1. The van der Waals surface area contributed by atoms with Gasteiger partial charge in [-0.15, -0.1) is 0 Å². The van der Waals surface area contributed by atoms with Crippen LogP contribution in [0.15, 0.2) is 17.1 Å². The van der Waals surface area contributed by atoms with Gasteiger partial charge in [0.25, 0.3) is 0 Å². The molecule has 6 heteroatoms. The van der Waals surface area contributed by atoms with Crippen molar-refractivity contribution in [2.45, 2.75) is 19.5 Å². The van der Waals surface area contributed by atoms with E-state index in [0.29, 0.717) is 29.8 Å². The average Bonchev–Trinajstić information content (AvgIpc) is 2.89. The van der Waals surface area contributed by atoms with E-state index in [1.807, 2.05) is 12.1 Å². The Balaban J connectivity index is 2.15. The monoisotopic (exact) mass is 279 g/mol. The smallest absolute Gasteiger partial charge is 0.203 e. The molecule has 0 radical (unpaired) electrons. The first-order valence-electron chi connectivity index (χ1n) is 6.52. The molecule has 0 aliphatic carbocycles. The van der Waals surface area contributed by atoms with Crippen LogP contribution in [0.5, 0.6) is 17.2 Å². The Morgan fingerprint density at radius 2 is 1.95 bits per heavy atom. The third kappa shape index (κ3) is 2.89. The predicted octanol–water partition coefficient (Wildman–Crippen LogP) is 1.15. The highest BCUT2D eigenvalue weighted by molar-refractivity contribution is 5.81. The maximum Gasteiger partial charge on any atom is 0.203 e. The fourth-order valence-electron chi connectivity index (χ4n) is 2.14. The molecule has 1 aromatic rings. The Morgan fingerprint density at radius 1 is 1.20 bits per heavy atom. The van der Waals surface area contributed by atoms with Gasteiger partial charge in [-0.2, -0.15) is 0 Å². The highest BCUT2D eigenvalue weighted by Gasteiger charge is 2.17. The second kappa shape index (κ2) is 6.36. The first-order valence-corrected chi connectivity index (χ1v) is 6.52. The summed E-state index contributed by atoms with van der Waals surface area (Å²) in [6, 6.07) is 4.20. The van der Waals surface area contributed by atoms with Crippen LogP contribution in [0.25, 0.3) is 0 Å². The normalized spacial score (nSPS) is 17.2. The van der Waals surface area contributed by atoms with Gasteiger partial charge in [-0.25, -0.2) is 0 Å². The molecule has 1 aromatic carbocycles. The van der Waals surface area contributed by atoms with Gasteiger partial charge in [0.1, 0.15) is 0 Å². The maximum absolute atomic E-state index is 5.44. The zero-order valence-corrected chi connectivity index (χ0v) is 12.3. The number of methoxy groups -OCH3 is 3. The lowest BCUT2D eigenvalue weighted by Gasteiger charge is -2.16. The minimum atomic E-state index is 0.379. The van der Waals surface area contributed by atoms with Crippen LogP contribution in [-0.4, -0.2) is 39.9 Å². The van der Waals surface area contributed by atoms with Crippen molar-refractivity contribution in [3.63, 3.8) is 0 Å². The number of nitrogens with one attached hydrogen (secondary N) is 2. The van der Waals surface area contributed by atoms with E-state index in [1.165, 1.54) is 0 Å². The summed E-state index contributed by atoms with van der Waals surface area (Å²) in [5.74, 6) is 2.74. The van der Waals surface area contributed by atoms with Crippen molar-refractivity contribution in [1.82, 2.24) is 10.6 Å². The van der Waals surface area contributed by atoms with Crippen molar-refractivity contribution in [2.24, 2.45) is 4.99 Å². The van der Waals surface area contributed by atoms with Gasteiger partial charge < -0.3 is 24.8 Å². The summed E-state index contributed by atoms with van der Waals surface area (Å²) in [4.78, 5) is 4.36. The standard InChI is InChI=1S/C14H21N3O3/c1-9-7-15-14(17-9)16-8-10-5-6-11(18-2)13(20-4)12(10)19-3/h5-6,9H,7-8H2,1-4H3,(H2,15,16,17). The number of benzene rings is 1. The summed E-state index contributed by atoms with van der Waals surface area (Å²) in [5, 5.41) is 6.51. The number of guanidine groups is 1. The van der Waals surface area contributed by atoms with Crippen molar-refractivity contribution >= 4 is 5.96 Å². The Morgan fingerprint density at radius 3 is 2.50 bits per heavy atom. The van der Waals surface area contributed by atoms with Crippen molar-refractivity contribution < 1.29 is 14.2 Å². The van der Waals surface area contributed by atoms with Crippen LogP contribution in [0.3, 0.4) is 0 Å². The third-order valence-corrected chi connectivity index (χ3v) is 3.14. The van der Waals surface area contributed by atoms with Gasteiger partial charge in [0.15, 0.2) is 17.5 Å². The molecule has 1 atom stereocenters. The van der Waals surface area contributed by atoms with E-state index in [9.17, 15) is 0 Å². The molecule has 0 aromatic heterocycles. The first-order chi connectivity index (χ1) is 9.69. The molecule has 110 valence electrons. The number of nitrogens with zero attached hydrogens (tertiary/aromatic N) is 1. The molecule has 1 aliphatic heterocycles. The molecular weight excluding hydrogens is 258 g/mol. The number of hydrogen-bond acceptors (Lipinski definition) is 6. The van der Waals surface area contributed by atoms with Crippen molar-refractivity contribution in [1.29, 1.82) is 0 Å². The summed E-state index contributed by atoms with van der Waals surface area (Å²) in [7, 11) is 4.82. The van der Waals surface area contributed by atoms with E-state index < -0.39 is 0 Å². The molecule has 0 fully saturated rings. The van der Waals surface area contributed by atoms with E-state index >= 15 is 0 Å². The topological polar surface area (TPSA) is 64.1 Å². The molecule has 1 aliphatic rings. The maximum atomic E-state index is 5.44.